The quantitative estimate of drug-likeness (QED) is 0.727. The average Bonchev–Trinajstić information content (AvgIpc) is 2.98. The minimum atomic E-state index is 0.184. The Hall–Kier alpha value is -1.26. The summed E-state index contributed by atoms with van der Waals surface area (Å²) in [6.07, 6.45) is 2.37. The van der Waals surface area contributed by atoms with E-state index in [0.717, 1.165) is 26.1 Å². The smallest absolute Gasteiger partial charge is 0.222 e. The molecule has 4 nitrogen and oxygen atoms in total. The monoisotopic (exact) mass is 311 g/mol. The third-order valence-corrected chi connectivity index (χ3v) is 3.96. The molecule has 0 aromatic heterocycles. The molecule has 1 heterocycles. The zero-order chi connectivity index (χ0) is 15.1. The number of hydrogen-bond acceptors (Lipinski definition) is 3. The maximum absolute atomic E-state index is 12.0. The average molecular weight is 312 g/mol. The summed E-state index contributed by atoms with van der Waals surface area (Å²) in [6, 6.07) is 7.41. The number of halogens is 1. The molecule has 1 aromatic rings. The Balaban J connectivity index is 1.63. The van der Waals surface area contributed by atoms with E-state index in [0.29, 0.717) is 36.3 Å². The van der Waals surface area contributed by atoms with Gasteiger partial charge in [0.1, 0.15) is 5.75 Å². The molecule has 0 bridgehead atoms. The minimum absolute atomic E-state index is 0.184. The summed E-state index contributed by atoms with van der Waals surface area (Å²) in [4.78, 5) is 13.8. The van der Waals surface area contributed by atoms with Crippen LogP contribution in [0, 0.1) is 5.92 Å². The summed E-state index contributed by atoms with van der Waals surface area (Å²) >= 11 is 6.01. The molecule has 0 radical (unpaired) electrons. The lowest BCUT2D eigenvalue weighted by Gasteiger charge is -2.19. The zero-order valence-corrected chi connectivity index (χ0v) is 13.1. The first-order valence-electron chi connectivity index (χ1n) is 7.36. The molecule has 0 aliphatic carbocycles. The van der Waals surface area contributed by atoms with Crippen LogP contribution in [-0.2, 0) is 9.53 Å². The number of carbonyl (C=O) groups is 1. The number of carbonyl (C=O) groups excluding carboxylic acids is 1. The number of rotatable bonds is 7. The van der Waals surface area contributed by atoms with Crippen molar-refractivity contribution in [2.45, 2.75) is 19.3 Å². The number of benzene rings is 1. The van der Waals surface area contributed by atoms with E-state index in [2.05, 4.69) is 0 Å². The van der Waals surface area contributed by atoms with Crippen LogP contribution in [0.3, 0.4) is 0 Å². The van der Waals surface area contributed by atoms with Crippen molar-refractivity contribution >= 4 is 17.5 Å². The summed E-state index contributed by atoms with van der Waals surface area (Å²) in [6.45, 7) is 2.74. The highest BCUT2D eigenvalue weighted by Crippen LogP contribution is 2.23. The molecule has 1 saturated heterocycles. The Labute approximate surface area is 131 Å². The molecule has 0 spiro atoms. The number of para-hydroxylation sites is 1. The first-order chi connectivity index (χ1) is 10.2. The molecule has 1 aliphatic rings. The molecule has 21 heavy (non-hydrogen) atoms. The lowest BCUT2D eigenvalue weighted by atomic mass is 10.0. The summed E-state index contributed by atoms with van der Waals surface area (Å²) < 4.78 is 10.9. The molecule has 1 fully saturated rings. The van der Waals surface area contributed by atoms with E-state index in [4.69, 9.17) is 21.1 Å². The summed E-state index contributed by atoms with van der Waals surface area (Å²) in [5.41, 5.74) is 0. The molecule has 0 saturated carbocycles. The molecule has 1 unspecified atom stereocenters. The predicted molar refractivity (Wildman–Crippen MR) is 82.7 cm³/mol. The van der Waals surface area contributed by atoms with Gasteiger partial charge in [-0.2, -0.15) is 0 Å². The molecule has 1 aliphatic heterocycles. The fraction of sp³-hybridized carbons (Fsp3) is 0.562. The topological polar surface area (TPSA) is 38.8 Å². The predicted octanol–water partition coefficient (Wildman–Crippen LogP) is 2.99. The van der Waals surface area contributed by atoms with Gasteiger partial charge in [-0.15, -0.1) is 0 Å². The van der Waals surface area contributed by atoms with E-state index in [1.165, 1.54) is 0 Å². The summed E-state index contributed by atoms with van der Waals surface area (Å²) in [5.74, 6) is 1.26. The summed E-state index contributed by atoms with van der Waals surface area (Å²) in [5, 5.41) is 0.614. The van der Waals surface area contributed by atoms with Crippen LogP contribution < -0.4 is 4.74 Å². The van der Waals surface area contributed by atoms with Gasteiger partial charge in [-0.1, -0.05) is 23.7 Å². The van der Waals surface area contributed by atoms with Crippen molar-refractivity contribution in [1.29, 1.82) is 0 Å². The van der Waals surface area contributed by atoms with Gasteiger partial charge in [0.15, 0.2) is 0 Å². The van der Waals surface area contributed by atoms with Crippen LogP contribution in [0.5, 0.6) is 5.75 Å². The number of ether oxygens (including phenoxy) is 2. The van der Waals surface area contributed by atoms with Gasteiger partial charge in [-0.05, 0) is 30.9 Å². The lowest BCUT2D eigenvalue weighted by molar-refractivity contribution is -0.131. The largest absolute Gasteiger partial charge is 0.492 e. The van der Waals surface area contributed by atoms with E-state index in [9.17, 15) is 4.79 Å². The number of nitrogens with zero attached hydrogens (tertiary/aromatic N) is 1. The third-order valence-electron chi connectivity index (χ3n) is 3.65. The maximum Gasteiger partial charge on any atom is 0.222 e. The Kier molecular flexibility index (Phi) is 6.33. The van der Waals surface area contributed by atoms with Gasteiger partial charge >= 0.3 is 0 Å². The minimum Gasteiger partial charge on any atom is -0.492 e. The molecule has 1 amide bonds. The van der Waals surface area contributed by atoms with Gasteiger partial charge in [0.25, 0.3) is 0 Å². The van der Waals surface area contributed by atoms with Crippen molar-refractivity contribution in [3.63, 3.8) is 0 Å². The van der Waals surface area contributed by atoms with Gasteiger partial charge in [0.05, 0.1) is 11.6 Å². The van der Waals surface area contributed by atoms with Crippen molar-refractivity contribution < 1.29 is 14.3 Å². The Morgan fingerprint density at radius 3 is 3.00 bits per heavy atom. The highest BCUT2D eigenvalue weighted by atomic mass is 35.5. The maximum atomic E-state index is 12.0. The highest BCUT2D eigenvalue weighted by molar-refractivity contribution is 6.32. The van der Waals surface area contributed by atoms with Crippen LogP contribution in [0.2, 0.25) is 5.02 Å². The first kappa shape index (κ1) is 16.1. The van der Waals surface area contributed by atoms with Crippen LogP contribution in [0.25, 0.3) is 0 Å². The molecule has 0 N–H and O–H groups in total. The van der Waals surface area contributed by atoms with Crippen molar-refractivity contribution in [2.24, 2.45) is 5.92 Å². The summed E-state index contributed by atoms with van der Waals surface area (Å²) in [7, 11) is 1.84. The van der Waals surface area contributed by atoms with E-state index in [-0.39, 0.29) is 5.91 Å². The van der Waals surface area contributed by atoms with E-state index in [1.54, 1.807) is 11.0 Å². The van der Waals surface area contributed by atoms with Crippen LogP contribution in [0.1, 0.15) is 19.3 Å². The standard InChI is InChI=1S/C16H22ClNO3/c1-18(16(19)11-13-7-10-20-12-13)8-4-9-21-15-6-3-2-5-14(15)17/h2-3,5-6,13H,4,7-12H2,1H3. The van der Waals surface area contributed by atoms with E-state index >= 15 is 0 Å². The zero-order valence-electron chi connectivity index (χ0n) is 12.4. The third kappa shape index (κ3) is 5.21. The van der Waals surface area contributed by atoms with Gasteiger partial charge in [0, 0.05) is 33.2 Å². The second kappa shape index (κ2) is 8.25. The van der Waals surface area contributed by atoms with Gasteiger partial charge in [0.2, 0.25) is 5.91 Å². The SMILES string of the molecule is CN(CCCOc1ccccc1Cl)C(=O)CC1CCOC1. The van der Waals surface area contributed by atoms with Crippen molar-refractivity contribution in [3.8, 4) is 5.75 Å². The molecular weight excluding hydrogens is 290 g/mol. The van der Waals surface area contributed by atoms with Crippen LogP contribution in [0.15, 0.2) is 24.3 Å². The Morgan fingerprint density at radius 1 is 1.48 bits per heavy atom. The van der Waals surface area contributed by atoms with E-state index < -0.39 is 0 Å². The second-order valence-corrected chi connectivity index (χ2v) is 5.79. The molecule has 1 atom stereocenters. The van der Waals surface area contributed by atoms with Gasteiger partial charge < -0.3 is 14.4 Å². The fourth-order valence-corrected chi connectivity index (χ4v) is 2.51. The molecular formula is C16H22ClNO3. The Morgan fingerprint density at radius 2 is 2.29 bits per heavy atom. The van der Waals surface area contributed by atoms with Crippen molar-refractivity contribution in [1.82, 2.24) is 4.90 Å². The first-order valence-corrected chi connectivity index (χ1v) is 7.73. The molecule has 1 aromatic carbocycles. The Bertz CT molecular complexity index is 461. The second-order valence-electron chi connectivity index (χ2n) is 5.38. The normalized spacial score (nSPS) is 17.7. The molecule has 5 heteroatoms. The van der Waals surface area contributed by atoms with Gasteiger partial charge in [-0.25, -0.2) is 0 Å². The van der Waals surface area contributed by atoms with Crippen LogP contribution in [0.4, 0.5) is 0 Å². The molecule has 2 rings (SSSR count). The number of hydrogen-bond donors (Lipinski definition) is 0. The fourth-order valence-electron chi connectivity index (χ4n) is 2.32. The van der Waals surface area contributed by atoms with Crippen LogP contribution >= 0.6 is 11.6 Å². The number of amides is 1. The van der Waals surface area contributed by atoms with E-state index in [1.807, 2.05) is 25.2 Å². The highest BCUT2D eigenvalue weighted by Gasteiger charge is 2.20. The van der Waals surface area contributed by atoms with Gasteiger partial charge in [-0.3, -0.25) is 4.79 Å². The van der Waals surface area contributed by atoms with Crippen LogP contribution in [-0.4, -0.2) is 44.2 Å². The van der Waals surface area contributed by atoms with Crippen molar-refractivity contribution in [3.05, 3.63) is 29.3 Å². The molecule has 116 valence electrons. The van der Waals surface area contributed by atoms with Crippen molar-refractivity contribution in [2.75, 3.05) is 33.4 Å². The lowest BCUT2D eigenvalue weighted by Crippen LogP contribution is -2.30.